The van der Waals surface area contributed by atoms with Crippen LogP contribution in [0.25, 0.3) is 0 Å². The predicted octanol–water partition coefficient (Wildman–Crippen LogP) is 2.45. The molecule has 1 rings (SSSR count). The standard InChI is InChI=1S/C13H24N4/c1-6-11(7-2)17(5)9-13-15-10(3)8-12(14-4)16-13/h8,11H,6-7,9H2,1-5H3,(H,14,15,16). The largest absolute Gasteiger partial charge is 0.373 e. The molecule has 17 heavy (non-hydrogen) atoms. The number of hydrogen-bond donors (Lipinski definition) is 1. The van der Waals surface area contributed by atoms with Crippen molar-refractivity contribution in [2.75, 3.05) is 19.4 Å². The van der Waals surface area contributed by atoms with E-state index in [1.54, 1.807) is 0 Å². The summed E-state index contributed by atoms with van der Waals surface area (Å²) in [6, 6.07) is 2.57. The third-order valence-corrected chi connectivity index (χ3v) is 3.11. The van der Waals surface area contributed by atoms with Gasteiger partial charge in [0, 0.05) is 24.8 Å². The van der Waals surface area contributed by atoms with Gasteiger partial charge in [-0.25, -0.2) is 9.97 Å². The first kappa shape index (κ1) is 13.9. The van der Waals surface area contributed by atoms with Gasteiger partial charge in [-0.2, -0.15) is 0 Å². The molecule has 0 atom stereocenters. The maximum atomic E-state index is 4.48. The second-order valence-corrected chi connectivity index (χ2v) is 4.45. The normalized spacial score (nSPS) is 11.2. The van der Waals surface area contributed by atoms with Crippen molar-refractivity contribution in [1.82, 2.24) is 14.9 Å². The van der Waals surface area contributed by atoms with Crippen molar-refractivity contribution in [3.63, 3.8) is 0 Å². The SMILES string of the molecule is CCC(CC)N(C)Cc1nc(C)cc(NC)n1. The molecule has 0 spiro atoms. The van der Waals surface area contributed by atoms with Gasteiger partial charge in [0.2, 0.25) is 0 Å². The van der Waals surface area contributed by atoms with Crippen molar-refractivity contribution >= 4 is 5.82 Å². The summed E-state index contributed by atoms with van der Waals surface area (Å²) in [5, 5.41) is 3.07. The molecule has 1 heterocycles. The second-order valence-electron chi connectivity index (χ2n) is 4.45. The van der Waals surface area contributed by atoms with E-state index in [1.807, 2.05) is 20.0 Å². The Morgan fingerprint density at radius 2 is 1.94 bits per heavy atom. The van der Waals surface area contributed by atoms with Gasteiger partial charge in [-0.05, 0) is 26.8 Å². The summed E-state index contributed by atoms with van der Waals surface area (Å²) < 4.78 is 0. The maximum Gasteiger partial charge on any atom is 0.144 e. The summed E-state index contributed by atoms with van der Waals surface area (Å²) in [6.07, 6.45) is 2.33. The van der Waals surface area contributed by atoms with Gasteiger partial charge in [0.1, 0.15) is 11.6 Å². The minimum absolute atomic E-state index is 0.608. The number of nitrogens with one attached hydrogen (secondary N) is 1. The number of rotatable bonds is 6. The van der Waals surface area contributed by atoms with Crippen molar-refractivity contribution in [2.24, 2.45) is 0 Å². The molecule has 96 valence electrons. The predicted molar refractivity (Wildman–Crippen MR) is 72.2 cm³/mol. The number of aryl methyl sites for hydroxylation is 1. The van der Waals surface area contributed by atoms with Crippen LogP contribution in [0.5, 0.6) is 0 Å². The first-order chi connectivity index (χ1) is 8.10. The van der Waals surface area contributed by atoms with E-state index in [4.69, 9.17) is 0 Å². The summed E-state index contributed by atoms with van der Waals surface area (Å²) in [7, 11) is 4.03. The van der Waals surface area contributed by atoms with E-state index >= 15 is 0 Å². The molecule has 0 unspecified atom stereocenters. The lowest BCUT2D eigenvalue weighted by Gasteiger charge is -2.25. The van der Waals surface area contributed by atoms with E-state index in [2.05, 4.69) is 41.1 Å². The van der Waals surface area contributed by atoms with Crippen LogP contribution in [-0.2, 0) is 6.54 Å². The highest BCUT2D eigenvalue weighted by Crippen LogP contribution is 2.11. The van der Waals surface area contributed by atoms with Gasteiger partial charge in [0.25, 0.3) is 0 Å². The van der Waals surface area contributed by atoms with Crippen LogP contribution >= 0.6 is 0 Å². The Balaban J connectivity index is 2.76. The van der Waals surface area contributed by atoms with Crippen molar-refractivity contribution < 1.29 is 0 Å². The molecule has 0 aliphatic heterocycles. The number of anilines is 1. The molecule has 0 saturated carbocycles. The number of hydrogen-bond acceptors (Lipinski definition) is 4. The van der Waals surface area contributed by atoms with Gasteiger partial charge in [-0.3, -0.25) is 4.90 Å². The molecular formula is C13H24N4. The molecule has 1 N–H and O–H groups in total. The first-order valence-corrected chi connectivity index (χ1v) is 6.33. The molecule has 0 aromatic carbocycles. The zero-order valence-electron chi connectivity index (χ0n) is 11.6. The van der Waals surface area contributed by atoms with Gasteiger partial charge < -0.3 is 5.32 Å². The van der Waals surface area contributed by atoms with Crippen LogP contribution in [0, 0.1) is 6.92 Å². The fourth-order valence-corrected chi connectivity index (χ4v) is 2.09. The van der Waals surface area contributed by atoms with Crippen molar-refractivity contribution in [3.8, 4) is 0 Å². The van der Waals surface area contributed by atoms with Crippen LogP contribution in [-0.4, -0.2) is 35.0 Å². The Morgan fingerprint density at radius 1 is 1.29 bits per heavy atom. The molecular weight excluding hydrogens is 212 g/mol. The van der Waals surface area contributed by atoms with E-state index in [0.717, 1.165) is 36.7 Å². The lowest BCUT2D eigenvalue weighted by molar-refractivity contribution is 0.216. The molecule has 0 saturated heterocycles. The highest BCUT2D eigenvalue weighted by Gasteiger charge is 2.12. The summed E-state index contributed by atoms with van der Waals surface area (Å²) in [6.45, 7) is 7.26. The fraction of sp³-hybridized carbons (Fsp3) is 0.692. The van der Waals surface area contributed by atoms with E-state index in [0.29, 0.717) is 6.04 Å². The Hall–Kier alpha value is -1.16. The molecule has 0 bridgehead atoms. The number of nitrogens with zero attached hydrogens (tertiary/aromatic N) is 3. The zero-order valence-corrected chi connectivity index (χ0v) is 11.6. The van der Waals surface area contributed by atoms with Crippen LogP contribution in [0.2, 0.25) is 0 Å². The van der Waals surface area contributed by atoms with Crippen LogP contribution in [0.1, 0.15) is 38.2 Å². The fourth-order valence-electron chi connectivity index (χ4n) is 2.09. The Labute approximate surface area is 104 Å². The molecule has 0 radical (unpaired) electrons. The minimum atomic E-state index is 0.608. The van der Waals surface area contributed by atoms with Crippen LogP contribution in [0.3, 0.4) is 0 Å². The first-order valence-electron chi connectivity index (χ1n) is 6.33. The third kappa shape index (κ3) is 3.97. The van der Waals surface area contributed by atoms with Crippen molar-refractivity contribution in [3.05, 3.63) is 17.6 Å². The Bertz CT molecular complexity index is 347. The van der Waals surface area contributed by atoms with E-state index in [9.17, 15) is 0 Å². The number of aromatic nitrogens is 2. The second kappa shape index (κ2) is 6.55. The average molecular weight is 236 g/mol. The summed E-state index contributed by atoms with van der Waals surface area (Å²) >= 11 is 0. The zero-order chi connectivity index (χ0) is 12.8. The topological polar surface area (TPSA) is 41.1 Å². The molecule has 0 fully saturated rings. The van der Waals surface area contributed by atoms with Gasteiger partial charge in [-0.15, -0.1) is 0 Å². The van der Waals surface area contributed by atoms with Crippen molar-refractivity contribution in [2.45, 2.75) is 46.2 Å². The van der Waals surface area contributed by atoms with E-state index in [-0.39, 0.29) is 0 Å². The molecule has 0 aliphatic carbocycles. The van der Waals surface area contributed by atoms with Gasteiger partial charge in [0.15, 0.2) is 0 Å². The molecule has 4 heteroatoms. The Kier molecular flexibility index (Phi) is 5.35. The summed E-state index contributed by atoms with van der Waals surface area (Å²) in [5.41, 5.74) is 1.01. The van der Waals surface area contributed by atoms with Crippen LogP contribution in [0.15, 0.2) is 6.07 Å². The summed E-state index contributed by atoms with van der Waals surface area (Å²) in [5.74, 6) is 1.79. The van der Waals surface area contributed by atoms with Gasteiger partial charge in [0.05, 0.1) is 6.54 Å². The summed E-state index contributed by atoms with van der Waals surface area (Å²) in [4.78, 5) is 11.3. The van der Waals surface area contributed by atoms with Crippen LogP contribution < -0.4 is 5.32 Å². The lowest BCUT2D eigenvalue weighted by atomic mass is 10.1. The molecule has 0 aliphatic rings. The van der Waals surface area contributed by atoms with Crippen LogP contribution in [0.4, 0.5) is 5.82 Å². The van der Waals surface area contributed by atoms with Gasteiger partial charge in [-0.1, -0.05) is 13.8 Å². The average Bonchev–Trinajstić information content (AvgIpc) is 2.29. The highest BCUT2D eigenvalue weighted by atomic mass is 15.2. The quantitative estimate of drug-likeness (QED) is 0.823. The van der Waals surface area contributed by atoms with E-state index in [1.165, 1.54) is 0 Å². The molecule has 4 nitrogen and oxygen atoms in total. The van der Waals surface area contributed by atoms with Crippen molar-refractivity contribution in [1.29, 1.82) is 0 Å². The monoisotopic (exact) mass is 236 g/mol. The molecule has 1 aromatic heterocycles. The maximum absolute atomic E-state index is 4.48. The Morgan fingerprint density at radius 3 is 2.47 bits per heavy atom. The van der Waals surface area contributed by atoms with Gasteiger partial charge >= 0.3 is 0 Å². The van der Waals surface area contributed by atoms with E-state index < -0.39 is 0 Å². The molecule has 1 aromatic rings. The molecule has 0 amide bonds. The minimum Gasteiger partial charge on any atom is -0.373 e. The lowest BCUT2D eigenvalue weighted by Crippen LogP contribution is -2.30. The smallest absolute Gasteiger partial charge is 0.144 e. The third-order valence-electron chi connectivity index (χ3n) is 3.11. The highest BCUT2D eigenvalue weighted by molar-refractivity contribution is 5.34.